The summed E-state index contributed by atoms with van der Waals surface area (Å²) in [6.07, 6.45) is 8.06. The van der Waals surface area contributed by atoms with E-state index in [0.29, 0.717) is 0 Å². The molecule has 2 nitrogen and oxygen atoms in total. The number of ether oxygens (including phenoxy) is 1. The number of methoxy groups -OCH3 is 1. The highest BCUT2D eigenvalue weighted by Gasteiger charge is 2.00. The lowest BCUT2D eigenvalue weighted by Gasteiger charge is -2.08. The Bertz CT molecular complexity index is 341. The standard InChI is InChI=1S/C14H19NO/c1-3-4-7-11-15-12-10-13-8-5-6-9-14(13)16-2/h1,5-6,8-9,15H,4,7,10-12H2,2H3. The molecule has 2 heteroatoms. The van der Waals surface area contributed by atoms with Crippen LogP contribution < -0.4 is 10.1 Å². The van der Waals surface area contributed by atoms with Gasteiger partial charge in [0.05, 0.1) is 7.11 Å². The van der Waals surface area contributed by atoms with E-state index in [0.717, 1.165) is 38.1 Å². The molecule has 0 aliphatic rings. The summed E-state index contributed by atoms with van der Waals surface area (Å²) in [6.45, 7) is 1.95. The van der Waals surface area contributed by atoms with Gasteiger partial charge in [-0.05, 0) is 37.6 Å². The van der Waals surface area contributed by atoms with Crippen molar-refractivity contribution in [3.63, 3.8) is 0 Å². The van der Waals surface area contributed by atoms with Crippen molar-refractivity contribution < 1.29 is 4.74 Å². The summed E-state index contributed by atoms with van der Waals surface area (Å²) >= 11 is 0. The molecule has 1 aromatic rings. The molecule has 0 atom stereocenters. The van der Waals surface area contributed by atoms with Gasteiger partial charge in [0.2, 0.25) is 0 Å². The van der Waals surface area contributed by atoms with Crippen LogP contribution in [-0.4, -0.2) is 20.2 Å². The maximum Gasteiger partial charge on any atom is 0.122 e. The van der Waals surface area contributed by atoms with E-state index in [1.165, 1.54) is 5.56 Å². The monoisotopic (exact) mass is 217 g/mol. The Kier molecular flexibility index (Phi) is 6.13. The van der Waals surface area contributed by atoms with E-state index < -0.39 is 0 Å². The van der Waals surface area contributed by atoms with Crippen LogP contribution in [0.4, 0.5) is 0 Å². The molecule has 0 fully saturated rings. The molecule has 0 bridgehead atoms. The highest BCUT2D eigenvalue weighted by molar-refractivity contribution is 5.33. The molecule has 1 rings (SSSR count). The summed E-state index contributed by atoms with van der Waals surface area (Å²) in [7, 11) is 1.71. The molecule has 1 aromatic carbocycles. The predicted molar refractivity (Wildman–Crippen MR) is 67.6 cm³/mol. The summed E-state index contributed by atoms with van der Waals surface area (Å²) in [5.74, 6) is 3.60. The molecule has 0 saturated heterocycles. The molecule has 0 radical (unpaired) electrons. The molecule has 0 unspecified atom stereocenters. The highest BCUT2D eigenvalue weighted by Crippen LogP contribution is 2.17. The minimum atomic E-state index is 0.849. The average molecular weight is 217 g/mol. The lowest BCUT2D eigenvalue weighted by Crippen LogP contribution is -2.18. The third-order valence-corrected chi connectivity index (χ3v) is 2.44. The topological polar surface area (TPSA) is 21.3 Å². The number of unbranched alkanes of at least 4 members (excludes halogenated alkanes) is 1. The Hall–Kier alpha value is -1.46. The summed E-state index contributed by atoms with van der Waals surface area (Å²) < 4.78 is 5.29. The molecular formula is C14H19NO. The largest absolute Gasteiger partial charge is 0.496 e. The van der Waals surface area contributed by atoms with Crippen LogP contribution in [0.1, 0.15) is 18.4 Å². The molecule has 0 amide bonds. The Morgan fingerprint density at radius 3 is 2.88 bits per heavy atom. The van der Waals surface area contributed by atoms with Gasteiger partial charge in [-0.15, -0.1) is 12.3 Å². The second-order valence-corrected chi connectivity index (χ2v) is 3.62. The number of benzene rings is 1. The van der Waals surface area contributed by atoms with Gasteiger partial charge in [-0.2, -0.15) is 0 Å². The van der Waals surface area contributed by atoms with Gasteiger partial charge < -0.3 is 10.1 Å². The van der Waals surface area contributed by atoms with E-state index in [1.54, 1.807) is 7.11 Å². The molecule has 0 aliphatic heterocycles. The van der Waals surface area contributed by atoms with Crippen LogP contribution in [-0.2, 0) is 6.42 Å². The van der Waals surface area contributed by atoms with E-state index in [9.17, 15) is 0 Å². The number of rotatable bonds is 7. The van der Waals surface area contributed by atoms with Crippen molar-refractivity contribution in [3.05, 3.63) is 29.8 Å². The Balaban J connectivity index is 2.24. The fourth-order valence-corrected chi connectivity index (χ4v) is 1.57. The first kappa shape index (κ1) is 12.6. The summed E-state index contributed by atoms with van der Waals surface area (Å²) in [5, 5.41) is 3.37. The summed E-state index contributed by atoms with van der Waals surface area (Å²) in [5.41, 5.74) is 1.24. The number of hydrogen-bond acceptors (Lipinski definition) is 2. The maximum atomic E-state index is 5.29. The van der Waals surface area contributed by atoms with E-state index in [2.05, 4.69) is 17.3 Å². The second-order valence-electron chi connectivity index (χ2n) is 3.62. The highest BCUT2D eigenvalue weighted by atomic mass is 16.5. The van der Waals surface area contributed by atoms with Crippen molar-refractivity contribution in [2.24, 2.45) is 0 Å². The minimum absolute atomic E-state index is 0.849. The quantitative estimate of drug-likeness (QED) is 0.558. The molecule has 0 spiro atoms. The molecule has 16 heavy (non-hydrogen) atoms. The molecule has 0 aromatic heterocycles. The fraction of sp³-hybridized carbons (Fsp3) is 0.429. The van der Waals surface area contributed by atoms with E-state index in [1.807, 2.05) is 18.2 Å². The zero-order valence-electron chi connectivity index (χ0n) is 9.83. The predicted octanol–water partition coefficient (Wildman–Crippen LogP) is 2.24. The van der Waals surface area contributed by atoms with Crippen LogP contribution in [0.15, 0.2) is 24.3 Å². The Morgan fingerprint density at radius 1 is 1.31 bits per heavy atom. The van der Waals surface area contributed by atoms with E-state index >= 15 is 0 Å². The SMILES string of the molecule is C#CCCCNCCc1ccccc1OC. The normalized spacial score (nSPS) is 9.75. The van der Waals surface area contributed by atoms with Gasteiger partial charge in [0.25, 0.3) is 0 Å². The van der Waals surface area contributed by atoms with E-state index in [-0.39, 0.29) is 0 Å². The number of nitrogens with one attached hydrogen (secondary N) is 1. The van der Waals surface area contributed by atoms with Crippen molar-refractivity contribution in [1.29, 1.82) is 0 Å². The van der Waals surface area contributed by atoms with E-state index in [4.69, 9.17) is 11.2 Å². The van der Waals surface area contributed by atoms with Crippen LogP contribution in [0, 0.1) is 12.3 Å². The van der Waals surface area contributed by atoms with Gasteiger partial charge >= 0.3 is 0 Å². The van der Waals surface area contributed by atoms with Crippen LogP contribution in [0.3, 0.4) is 0 Å². The van der Waals surface area contributed by atoms with Crippen LogP contribution >= 0.6 is 0 Å². The Labute approximate surface area is 98.0 Å². The van der Waals surface area contributed by atoms with Gasteiger partial charge in [0.15, 0.2) is 0 Å². The smallest absolute Gasteiger partial charge is 0.122 e. The van der Waals surface area contributed by atoms with Crippen LogP contribution in [0.25, 0.3) is 0 Å². The van der Waals surface area contributed by atoms with Gasteiger partial charge in [0, 0.05) is 6.42 Å². The van der Waals surface area contributed by atoms with Crippen molar-refractivity contribution in [2.45, 2.75) is 19.3 Å². The van der Waals surface area contributed by atoms with Gasteiger partial charge in [-0.3, -0.25) is 0 Å². The Morgan fingerprint density at radius 2 is 2.12 bits per heavy atom. The molecular weight excluding hydrogens is 198 g/mol. The lowest BCUT2D eigenvalue weighted by atomic mass is 10.1. The van der Waals surface area contributed by atoms with Crippen molar-refractivity contribution in [3.8, 4) is 18.1 Å². The molecule has 0 heterocycles. The molecule has 0 aliphatic carbocycles. The zero-order valence-corrected chi connectivity index (χ0v) is 9.83. The van der Waals surface area contributed by atoms with Gasteiger partial charge in [0.1, 0.15) is 5.75 Å². The molecule has 1 N–H and O–H groups in total. The first-order chi connectivity index (χ1) is 7.88. The van der Waals surface area contributed by atoms with Crippen molar-refractivity contribution in [1.82, 2.24) is 5.32 Å². The zero-order chi connectivity index (χ0) is 11.6. The molecule has 0 saturated carbocycles. The fourth-order valence-electron chi connectivity index (χ4n) is 1.57. The number of terminal acetylenes is 1. The third-order valence-electron chi connectivity index (χ3n) is 2.44. The minimum Gasteiger partial charge on any atom is -0.496 e. The van der Waals surface area contributed by atoms with Gasteiger partial charge in [-0.1, -0.05) is 18.2 Å². The van der Waals surface area contributed by atoms with Crippen molar-refractivity contribution >= 4 is 0 Å². The third kappa shape index (κ3) is 4.37. The number of para-hydroxylation sites is 1. The summed E-state index contributed by atoms with van der Waals surface area (Å²) in [6, 6.07) is 8.12. The average Bonchev–Trinajstić information content (AvgIpc) is 2.34. The summed E-state index contributed by atoms with van der Waals surface area (Å²) in [4.78, 5) is 0. The van der Waals surface area contributed by atoms with Crippen LogP contribution in [0.5, 0.6) is 5.75 Å². The molecule has 86 valence electrons. The van der Waals surface area contributed by atoms with Crippen LogP contribution in [0.2, 0.25) is 0 Å². The van der Waals surface area contributed by atoms with Gasteiger partial charge in [-0.25, -0.2) is 0 Å². The number of hydrogen-bond donors (Lipinski definition) is 1. The lowest BCUT2D eigenvalue weighted by molar-refractivity contribution is 0.409. The van der Waals surface area contributed by atoms with Crippen molar-refractivity contribution in [2.75, 3.05) is 20.2 Å². The second kappa shape index (κ2) is 7.78. The maximum absolute atomic E-state index is 5.29. The first-order valence-electron chi connectivity index (χ1n) is 5.64. The first-order valence-corrected chi connectivity index (χ1v) is 5.64.